The third-order valence-corrected chi connectivity index (χ3v) is 1.71. The number of ether oxygens (including phenoxy) is 2. The first kappa shape index (κ1) is 18.0. The molecule has 0 radical (unpaired) electrons. The Hall–Kier alpha value is -1.95. The maximum Gasteiger partial charge on any atom is 0.408 e. The number of nitrogens with zero attached hydrogens (tertiary/aromatic N) is 3. The molecule has 0 heterocycles. The lowest BCUT2D eigenvalue weighted by atomic mass is 10.2. The van der Waals surface area contributed by atoms with Crippen LogP contribution >= 0.6 is 0 Å². The molecule has 8 heteroatoms. The van der Waals surface area contributed by atoms with E-state index >= 15 is 0 Å². The molecule has 0 saturated heterocycles. The fourth-order valence-corrected chi connectivity index (χ4v) is 1.12. The Bertz CT molecular complexity index is 403. The van der Waals surface area contributed by atoms with E-state index in [9.17, 15) is 9.59 Å². The molecule has 20 heavy (non-hydrogen) atoms. The molecule has 0 saturated carbocycles. The van der Waals surface area contributed by atoms with Gasteiger partial charge in [0.05, 0.1) is 6.54 Å². The maximum atomic E-state index is 11.9. The average Bonchev–Trinajstić information content (AvgIpc) is 2.18. The predicted octanol–water partition coefficient (Wildman–Crippen LogP) is 2.53. The first-order valence-electron chi connectivity index (χ1n) is 6.18. The molecule has 114 valence electrons. The number of hydrogen-bond donors (Lipinski definition) is 1. The molecule has 1 N–H and O–H groups in total. The van der Waals surface area contributed by atoms with Crippen LogP contribution in [0.5, 0.6) is 0 Å². The highest BCUT2D eigenvalue weighted by Crippen LogP contribution is 2.10. The number of amides is 1. The van der Waals surface area contributed by atoms with Gasteiger partial charge >= 0.3 is 12.1 Å². The van der Waals surface area contributed by atoms with Gasteiger partial charge in [0, 0.05) is 4.91 Å². The highest BCUT2D eigenvalue weighted by atomic mass is 16.6. The van der Waals surface area contributed by atoms with Crippen molar-refractivity contribution < 1.29 is 19.1 Å². The van der Waals surface area contributed by atoms with Crippen LogP contribution in [0.1, 0.15) is 41.5 Å². The number of carbonyl (C=O) groups excluding carboxylic acids is 2. The predicted molar refractivity (Wildman–Crippen MR) is 73.0 cm³/mol. The van der Waals surface area contributed by atoms with Gasteiger partial charge in [-0.2, -0.15) is 0 Å². The minimum absolute atomic E-state index is 0.245. The smallest absolute Gasteiger partial charge is 0.408 e. The Kier molecular flexibility index (Phi) is 6.32. The van der Waals surface area contributed by atoms with Gasteiger partial charge in [-0.1, -0.05) is 5.11 Å². The summed E-state index contributed by atoms with van der Waals surface area (Å²) in [5, 5.41) is 5.61. The van der Waals surface area contributed by atoms with Crippen molar-refractivity contribution in [3.63, 3.8) is 0 Å². The number of esters is 1. The zero-order valence-electron chi connectivity index (χ0n) is 12.8. The molecule has 0 aromatic rings. The van der Waals surface area contributed by atoms with Gasteiger partial charge in [-0.05, 0) is 47.1 Å². The van der Waals surface area contributed by atoms with Crippen molar-refractivity contribution in [3.05, 3.63) is 10.4 Å². The lowest BCUT2D eigenvalue weighted by Gasteiger charge is -2.25. The molecule has 0 bridgehead atoms. The summed E-state index contributed by atoms with van der Waals surface area (Å²) in [6, 6.07) is -1.08. The Morgan fingerprint density at radius 2 is 1.65 bits per heavy atom. The van der Waals surface area contributed by atoms with Crippen molar-refractivity contribution in [3.8, 4) is 0 Å². The van der Waals surface area contributed by atoms with Gasteiger partial charge in [-0.3, -0.25) is 0 Å². The third kappa shape index (κ3) is 9.04. The molecule has 0 aliphatic rings. The van der Waals surface area contributed by atoms with E-state index in [-0.39, 0.29) is 6.54 Å². The van der Waals surface area contributed by atoms with Gasteiger partial charge < -0.3 is 14.8 Å². The maximum absolute atomic E-state index is 11.9. The minimum Gasteiger partial charge on any atom is -0.458 e. The lowest BCUT2D eigenvalue weighted by molar-refractivity contribution is -0.157. The number of alkyl carbamates (subject to hydrolysis) is 1. The molecule has 0 aromatic heterocycles. The van der Waals surface area contributed by atoms with Crippen LogP contribution in [0.4, 0.5) is 4.79 Å². The van der Waals surface area contributed by atoms with Crippen LogP contribution in [-0.2, 0) is 14.3 Å². The second-order valence-electron chi connectivity index (χ2n) is 6.15. The van der Waals surface area contributed by atoms with E-state index in [1.54, 1.807) is 41.5 Å². The highest BCUT2D eigenvalue weighted by molar-refractivity contribution is 5.82. The first-order valence-corrected chi connectivity index (χ1v) is 6.18. The number of carbonyl (C=O) groups is 2. The van der Waals surface area contributed by atoms with Crippen molar-refractivity contribution in [2.75, 3.05) is 6.54 Å². The summed E-state index contributed by atoms with van der Waals surface area (Å²) in [5.41, 5.74) is 6.91. The van der Waals surface area contributed by atoms with E-state index in [1.807, 2.05) is 0 Å². The van der Waals surface area contributed by atoms with Crippen LogP contribution in [0, 0.1) is 0 Å². The average molecular weight is 286 g/mol. The zero-order chi connectivity index (χ0) is 16.0. The summed E-state index contributed by atoms with van der Waals surface area (Å²) in [5.74, 6) is -0.684. The van der Waals surface area contributed by atoms with Gasteiger partial charge in [0.25, 0.3) is 0 Å². The summed E-state index contributed by atoms with van der Waals surface area (Å²) in [7, 11) is 0. The van der Waals surface area contributed by atoms with Gasteiger partial charge in [0.15, 0.2) is 0 Å². The molecule has 0 aromatic carbocycles. The molecule has 0 fully saturated rings. The zero-order valence-corrected chi connectivity index (χ0v) is 12.8. The highest BCUT2D eigenvalue weighted by Gasteiger charge is 2.28. The van der Waals surface area contributed by atoms with Crippen LogP contribution in [0.15, 0.2) is 5.11 Å². The quantitative estimate of drug-likeness (QED) is 0.370. The van der Waals surface area contributed by atoms with E-state index < -0.39 is 29.3 Å². The molecule has 0 aliphatic carbocycles. The van der Waals surface area contributed by atoms with Crippen LogP contribution < -0.4 is 5.32 Å². The van der Waals surface area contributed by atoms with Crippen molar-refractivity contribution in [2.45, 2.75) is 58.8 Å². The SMILES string of the molecule is CC(C)(C)OC(=O)N[C@@H](CN=[N+]=[N-])C(=O)OC(C)(C)C. The Balaban J connectivity index is 4.76. The molecular weight excluding hydrogens is 264 g/mol. The van der Waals surface area contributed by atoms with E-state index in [0.29, 0.717) is 0 Å². The summed E-state index contributed by atoms with van der Waals surface area (Å²) in [6.45, 7) is 9.94. The third-order valence-electron chi connectivity index (χ3n) is 1.71. The van der Waals surface area contributed by atoms with Crippen molar-refractivity contribution in [1.29, 1.82) is 0 Å². The van der Waals surface area contributed by atoms with Crippen molar-refractivity contribution >= 4 is 12.1 Å². The van der Waals surface area contributed by atoms with Crippen LogP contribution in [0.25, 0.3) is 10.4 Å². The van der Waals surface area contributed by atoms with Crippen LogP contribution in [0.3, 0.4) is 0 Å². The summed E-state index contributed by atoms with van der Waals surface area (Å²) >= 11 is 0. The molecule has 8 nitrogen and oxygen atoms in total. The van der Waals surface area contributed by atoms with E-state index in [4.69, 9.17) is 15.0 Å². The number of nitrogens with one attached hydrogen (secondary N) is 1. The van der Waals surface area contributed by atoms with E-state index in [2.05, 4.69) is 15.3 Å². The molecular formula is C12H22N4O4. The fraction of sp³-hybridized carbons (Fsp3) is 0.833. The minimum atomic E-state index is -1.08. The molecule has 0 rings (SSSR count). The monoisotopic (exact) mass is 286 g/mol. The molecule has 0 spiro atoms. The Morgan fingerprint density at radius 3 is 2.05 bits per heavy atom. The van der Waals surface area contributed by atoms with Crippen molar-refractivity contribution in [2.24, 2.45) is 5.11 Å². The largest absolute Gasteiger partial charge is 0.458 e. The first-order chi connectivity index (χ1) is 8.94. The lowest BCUT2D eigenvalue weighted by Crippen LogP contribution is -2.47. The van der Waals surface area contributed by atoms with Gasteiger partial charge in [-0.25, -0.2) is 9.59 Å². The number of hydrogen-bond acceptors (Lipinski definition) is 5. The Morgan fingerprint density at radius 1 is 1.15 bits per heavy atom. The fourth-order valence-electron chi connectivity index (χ4n) is 1.12. The van der Waals surface area contributed by atoms with Crippen LogP contribution in [0.2, 0.25) is 0 Å². The van der Waals surface area contributed by atoms with Crippen LogP contribution in [-0.4, -0.2) is 35.9 Å². The summed E-state index contributed by atoms with van der Waals surface area (Å²) in [6.07, 6.45) is -0.776. The second-order valence-corrected chi connectivity index (χ2v) is 6.15. The summed E-state index contributed by atoms with van der Waals surface area (Å²) < 4.78 is 10.2. The molecule has 0 unspecified atom stereocenters. The van der Waals surface area contributed by atoms with Gasteiger partial charge in [0.2, 0.25) is 0 Å². The second kappa shape index (κ2) is 7.00. The van der Waals surface area contributed by atoms with Gasteiger partial charge in [-0.15, -0.1) is 0 Å². The molecule has 0 aliphatic heterocycles. The van der Waals surface area contributed by atoms with Gasteiger partial charge in [0.1, 0.15) is 17.2 Å². The number of rotatable bonds is 4. The van der Waals surface area contributed by atoms with E-state index in [0.717, 1.165) is 0 Å². The summed E-state index contributed by atoms with van der Waals surface area (Å²) in [4.78, 5) is 26.1. The number of azide groups is 1. The molecule has 1 amide bonds. The molecule has 1 atom stereocenters. The van der Waals surface area contributed by atoms with E-state index in [1.165, 1.54) is 0 Å². The van der Waals surface area contributed by atoms with Crippen molar-refractivity contribution in [1.82, 2.24) is 5.32 Å². The Labute approximate surface area is 118 Å². The topological polar surface area (TPSA) is 113 Å². The normalized spacial score (nSPS) is 12.9. The standard InChI is InChI=1S/C12H22N4O4/c1-11(2,3)19-9(17)8(7-14-16-13)15-10(18)20-12(4,5)6/h8H,7H2,1-6H3,(H,15,18)/t8-/m0/s1.